The predicted octanol–water partition coefficient (Wildman–Crippen LogP) is 3.41. The van der Waals surface area contributed by atoms with Crippen LogP contribution in [0.2, 0.25) is 0 Å². The summed E-state index contributed by atoms with van der Waals surface area (Å²) < 4.78 is 2.67. The molecule has 2 aromatic rings. The fraction of sp³-hybridized carbons (Fsp3) is 0.231. The van der Waals surface area contributed by atoms with Crippen LogP contribution < -0.4 is 5.32 Å². The van der Waals surface area contributed by atoms with Crippen LogP contribution in [0.5, 0.6) is 0 Å². The highest BCUT2D eigenvalue weighted by Gasteiger charge is 2.24. The molecular formula is C13H12BrIN4O3. The topological polar surface area (TPSA) is 90.1 Å². The van der Waals surface area contributed by atoms with Crippen molar-refractivity contribution >= 4 is 55.9 Å². The van der Waals surface area contributed by atoms with Crippen molar-refractivity contribution in [3.63, 3.8) is 0 Å². The first-order valence-corrected chi connectivity index (χ1v) is 8.10. The first-order chi connectivity index (χ1) is 10.3. The number of nitrogens with zero attached hydrogens (tertiary/aromatic N) is 3. The molecule has 116 valence electrons. The quantitative estimate of drug-likeness (QED) is 0.414. The van der Waals surface area contributed by atoms with Crippen molar-refractivity contribution < 1.29 is 9.72 Å². The molecule has 0 aliphatic rings. The number of anilines is 1. The van der Waals surface area contributed by atoms with Gasteiger partial charge >= 0.3 is 5.82 Å². The van der Waals surface area contributed by atoms with Crippen LogP contribution in [0.1, 0.15) is 11.3 Å². The van der Waals surface area contributed by atoms with E-state index in [0.717, 1.165) is 9.13 Å². The van der Waals surface area contributed by atoms with Gasteiger partial charge in [0, 0.05) is 9.26 Å². The Hall–Kier alpha value is -1.49. The van der Waals surface area contributed by atoms with E-state index in [1.807, 2.05) is 25.1 Å². The highest BCUT2D eigenvalue weighted by molar-refractivity contribution is 14.1. The number of halogens is 2. The minimum absolute atomic E-state index is 0.0936. The number of rotatable bonds is 4. The normalized spacial score (nSPS) is 10.5. The van der Waals surface area contributed by atoms with Crippen molar-refractivity contribution in [3.05, 3.63) is 47.6 Å². The zero-order valence-electron chi connectivity index (χ0n) is 11.8. The van der Waals surface area contributed by atoms with Crippen LogP contribution in [0.25, 0.3) is 0 Å². The number of nitro groups is 1. The van der Waals surface area contributed by atoms with Crippen molar-refractivity contribution in [2.45, 2.75) is 20.4 Å². The Kier molecular flexibility index (Phi) is 5.16. The average molecular weight is 479 g/mol. The Morgan fingerprint density at radius 3 is 2.73 bits per heavy atom. The number of amides is 1. The van der Waals surface area contributed by atoms with E-state index in [2.05, 4.69) is 48.9 Å². The maximum absolute atomic E-state index is 12.1. The van der Waals surface area contributed by atoms with Crippen LogP contribution in [0.15, 0.2) is 22.7 Å². The summed E-state index contributed by atoms with van der Waals surface area (Å²) in [6, 6.07) is 5.67. The summed E-state index contributed by atoms with van der Waals surface area (Å²) >= 11 is 5.32. The van der Waals surface area contributed by atoms with Gasteiger partial charge in [-0.1, -0.05) is 0 Å². The number of nitrogens with one attached hydrogen (secondary N) is 1. The molecule has 1 aromatic carbocycles. The Balaban J connectivity index is 2.16. The van der Waals surface area contributed by atoms with Crippen molar-refractivity contribution in [1.82, 2.24) is 9.78 Å². The summed E-state index contributed by atoms with van der Waals surface area (Å²) in [5.74, 6) is -0.590. The van der Waals surface area contributed by atoms with E-state index in [4.69, 9.17) is 0 Å². The molecule has 1 N–H and O–H groups in total. The van der Waals surface area contributed by atoms with E-state index in [9.17, 15) is 14.9 Å². The molecule has 1 aromatic heterocycles. The molecule has 0 saturated heterocycles. The smallest absolute Gasteiger partial charge is 0.358 e. The van der Waals surface area contributed by atoms with Crippen molar-refractivity contribution in [1.29, 1.82) is 0 Å². The summed E-state index contributed by atoms with van der Waals surface area (Å²) in [6.45, 7) is 3.47. The lowest BCUT2D eigenvalue weighted by Crippen LogP contribution is -2.20. The minimum Gasteiger partial charge on any atom is -0.358 e. The molecule has 0 aliphatic carbocycles. The van der Waals surface area contributed by atoms with Gasteiger partial charge in [0.05, 0.1) is 10.8 Å². The third-order valence-electron chi connectivity index (χ3n) is 3.05. The highest BCUT2D eigenvalue weighted by atomic mass is 127. The van der Waals surface area contributed by atoms with E-state index in [1.165, 1.54) is 4.68 Å². The molecule has 0 fully saturated rings. The molecule has 22 heavy (non-hydrogen) atoms. The van der Waals surface area contributed by atoms with Crippen LogP contribution in [-0.2, 0) is 11.3 Å². The predicted molar refractivity (Wildman–Crippen MR) is 93.8 cm³/mol. The lowest BCUT2D eigenvalue weighted by atomic mass is 10.2. The molecule has 0 saturated carbocycles. The van der Waals surface area contributed by atoms with Crippen molar-refractivity contribution in [2.24, 2.45) is 0 Å². The monoisotopic (exact) mass is 478 g/mol. The molecule has 7 nitrogen and oxygen atoms in total. The van der Waals surface area contributed by atoms with E-state index in [-0.39, 0.29) is 22.7 Å². The molecule has 2 rings (SSSR count). The molecule has 0 radical (unpaired) electrons. The van der Waals surface area contributed by atoms with Crippen molar-refractivity contribution in [3.8, 4) is 0 Å². The zero-order valence-corrected chi connectivity index (χ0v) is 15.5. The second-order valence-electron chi connectivity index (χ2n) is 4.65. The minimum atomic E-state index is -0.589. The highest BCUT2D eigenvalue weighted by Crippen LogP contribution is 2.27. The van der Waals surface area contributed by atoms with Gasteiger partial charge in [0.15, 0.2) is 0 Å². The molecule has 0 aliphatic heterocycles. The van der Waals surface area contributed by atoms with Gasteiger partial charge in [-0.3, -0.25) is 4.79 Å². The van der Waals surface area contributed by atoms with E-state index in [0.29, 0.717) is 11.4 Å². The molecule has 0 spiro atoms. The van der Waals surface area contributed by atoms with Gasteiger partial charge in [0.25, 0.3) is 0 Å². The number of aryl methyl sites for hydroxylation is 1. The van der Waals surface area contributed by atoms with Gasteiger partial charge < -0.3 is 15.4 Å². The maximum Gasteiger partial charge on any atom is 0.404 e. The number of hydrogen-bond donors (Lipinski definition) is 1. The maximum atomic E-state index is 12.1. The summed E-state index contributed by atoms with van der Waals surface area (Å²) in [4.78, 5) is 22.4. The van der Waals surface area contributed by atoms with E-state index < -0.39 is 4.92 Å². The largest absolute Gasteiger partial charge is 0.404 e. The fourth-order valence-electron chi connectivity index (χ4n) is 1.87. The standard InChI is InChI=1S/C13H12BrIN4O3/c1-7-5-9(15)3-4-10(7)16-11(20)6-18-8(2)12(14)13(17-18)19(21)22/h3-5H,6H2,1-2H3,(H,16,20). The number of aromatic nitrogens is 2. The summed E-state index contributed by atoms with van der Waals surface area (Å²) in [7, 11) is 0. The molecule has 1 heterocycles. The molecule has 0 atom stereocenters. The summed E-state index contributed by atoms with van der Waals surface area (Å²) in [6.07, 6.45) is 0. The van der Waals surface area contributed by atoms with Gasteiger partial charge in [-0.25, -0.2) is 0 Å². The van der Waals surface area contributed by atoms with Gasteiger partial charge in [0.1, 0.15) is 11.0 Å². The molecular weight excluding hydrogens is 467 g/mol. The van der Waals surface area contributed by atoms with Gasteiger partial charge in [-0.2, -0.15) is 4.68 Å². The lowest BCUT2D eigenvalue weighted by molar-refractivity contribution is -0.390. The molecule has 0 bridgehead atoms. The lowest BCUT2D eigenvalue weighted by Gasteiger charge is -2.08. The Morgan fingerprint density at radius 2 is 2.18 bits per heavy atom. The molecule has 1 amide bonds. The van der Waals surface area contributed by atoms with Crippen LogP contribution in [-0.4, -0.2) is 20.6 Å². The van der Waals surface area contributed by atoms with Crippen molar-refractivity contribution in [2.75, 3.05) is 5.32 Å². The van der Waals surface area contributed by atoms with Crippen LogP contribution in [0.4, 0.5) is 11.5 Å². The Morgan fingerprint density at radius 1 is 1.50 bits per heavy atom. The number of hydrogen-bond acceptors (Lipinski definition) is 4. The number of carbonyl (C=O) groups excluding carboxylic acids is 1. The first-order valence-electron chi connectivity index (χ1n) is 6.23. The third-order valence-corrected chi connectivity index (χ3v) is 4.64. The van der Waals surface area contributed by atoms with Gasteiger partial charge in [-0.15, -0.1) is 0 Å². The fourth-order valence-corrected chi connectivity index (χ4v) is 2.95. The third kappa shape index (κ3) is 3.64. The van der Waals surface area contributed by atoms with Crippen LogP contribution >= 0.6 is 38.5 Å². The SMILES string of the molecule is Cc1cc(I)ccc1NC(=O)Cn1nc([N+](=O)[O-])c(Br)c1C. The molecule has 0 unspecified atom stereocenters. The second kappa shape index (κ2) is 6.73. The number of carbonyl (C=O) groups is 1. The first kappa shape index (κ1) is 16.9. The summed E-state index contributed by atoms with van der Waals surface area (Å²) in [5.41, 5.74) is 2.19. The van der Waals surface area contributed by atoms with Gasteiger partial charge in [-0.05, 0) is 81.1 Å². The molecule has 9 heteroatoms. The zero-order chi connectivity index (χ0) is 16.4. The average Bonchev–Trinajstić information content (AvgIpc) is 2.70. The van der Waals surface area contributed by atoms with Crippen LogP contribution in [0.3, 0.4) is 0 Å². The summed E-state index contributed by atoms with van der Waals surface area (Å²) in [5, 5.41) is 17.5. The van der Waals surface area contributed by atoms with E-state index in [1.54, 1.807) is 6.92 Å². The van der Waals surface area contributed by atoms with E-state index >= 15 is 0 Å². The van der Waals surface area contributed by atoms with Crippen LogP contribution in [0, 0.1) is 27.5 Å². The second-order valence-corrected chi connectivity index (χ2v) is 6.68. The number of benzene rings is 1. The Labute approximate surface area is 148 Å². The Bertz CT molecular complexity index is 760. The van der Waals surface area contributed by atoms with Gasteiger partial charge in [0.2, 0.25) is 5.91 Å².